The second-order valence-electron chi connectivity index (χ2n) is 6.71. The lowest BCUT2D eigenvalue weighted by Gasteiger charge is -2.02. The summed E-state index contributed by atoms with van der Waals surface area (Å²) >= 11 is 0. The molecule has 142 valence electrons. The highest BCUT2D eigenvalue weighted by Gasteiger charge is 1.98. The summed E-state index contributed by atoms with van der Waals surface area (Å²) in [4.78, 5) is 0. The Morgan fingerprint density at radius 2 is 0.917 bits per heavy atom. The standard InChI is InChI=1S/C21H38N.ClH.H3N/c1-2-3-4-5-6-7-8-9-10-11-12-13-14-16-19-22-20-17-15-18-21-22;;/h15,17-18,20-21H,2-14,16,19H2,1H3;1H;1H3/q+1;;. The van der Waals surface area contributed by atoms with Crippen molar-refractivity contribution in [1.82, 2.24) is 6.15 Å². The van der Waals surface area contributed by atoms with Gasteiger partial charge in [-0.3, -0.25) is 0 Å². The Labute approximate surface area is 157 Å². The van der Waals surface area contributed by atoms with Gasteiger partial charge in [-0.2, -0.15) is 0 Å². The molecule has 0 aliphatic heterocycles. The molecule has 0 saturated heterocycles. The summed E-state index contributed by atoms with van der Waals surface area (Å²) in [6.45, 7) is 3.47. The molecule has 0 saturated carbocycles. The minimum atomic E-state index is 0. The third kappa shape index (κ3) is 16.3. The van der Waals surface area contributed by atoms with E-state index in [1.165, 1.54) is 96.4 Å². The van der Waals surface area contributed by atoms with E-state index in [1.54, 1.807) is 0 Å². The lowest BCUT2D eigenvalue weighted by molar-refractivity contribution is -0.697. The van der Waals surface area contributed by atoms with E-state index in [0.717, 1.165) is 0 Å². The van der Waals surface area contributed by atoms with E-state index in [9.17, 15) is 0 Å². The highest BCUT2D eigenvalue weighted by Crippen LogP contribution is 2.12. The molecule has 0 spiro atoms. The second kappa shape index (κ2) is 20.4. The first kappa shape index (κ1) is 25.6. The van der Waals surface area contributed by atoms with Crippen LogP contribution in [0, 0.1) is 0 Å². The fourth-order valence-electron chi connectivity index (χ4n) is 3.07. The monoisotopic (exact) mass is 357 g/mol. The first-order chi connectivity index (χ1) is 10.9. The van der Waals surface area contributed by atoms with Crippen LogP contribution in [0.15, 0.2) is 30.6 Å². The number of rotatable bonds is 15. The van der Waals surface area contributed by atoms with Crippen LogP contribution in [0.5, 0.6) is 0 Å². The molecule has 0 unspecified atom stereocenters. The summed E-state index contributed by atoms with van der Waals surface area (Å²) in [7, 11) is 0. The van der Waals surface area contributed by atoms with Crippen LogP contribution in [0.3, 0.4) is 0 Å². The summed E-state index contributed by atoms with van der Waals surface area (Å²) in [6, 6.07) is 6.31. The zero-order valence-corrected chi connectivity index (χ0v) is 16.9. The lowest BCUT2D eigenvalue weighted by Crippen LogP contribution is -2.32. The third-order valence-corrected chi connectivity index (χ3v) is 4.55. The Kier molecular flexibility index (Phi) is 21.8. The number of aromatic nitrogens is 1. The quantitative estimate of drug-likeness (QED) is 0.265. The molecule has 0 amide bonds. The zero-order chi connectivity index (χ0) is 15.7. The molecule has 3 heteroatoms. The predicted molar refractivity (Wildman–Crippen MR) is 109 cm³/mol. The van der Waals surface area contributed by atoms with Crippen LogP contribution in [-0.2, 0) is 6.54 Å². The molecule has 0 aliphatic rings. The first-order valence-corrected chi connectivity index (χ1v) is 9.87. The number of aryl methyl sites for hydroxylation is 1. The molecular weight excluding hydrogens is 316 g/mol. The maximum Gasteiger partial charge on any atom is 0.168 e. The molecule has 0 aromatic carbocycles. The normalized spacial score (nSPS) is 10.0. The van der Waals surface area contributed by atoms with Gasteiger partial charge in [-0.25, -0.2) is 4.57 Å². The van der Waals surface area contributed by atoms with Crippen LogP contribution >= 0.6 is 12.4 Å². The van der Waals surface area contributed by atoms with Crippen molar-refractivity contribution >= 4 is 12.4 Å². The van der Waals surface area contributed by atoms with Gasteiger partial charge in [0, 0.05) is 18.6 Å². The summed E-state index contributed by atoms with van der Waals surface area (Å²) in [5.41, 5.74) is 0. The van der Waals surface area contributed by atoms with Gasteiger partial charge in [0.25, 0.3) is 0 Å². The molecule has 1 heterocycles. The van der Waals surface area contributed by atoms with Crippen molar-refractivity contribution in [2.75, 3.05) is 0 Å². The Hall–Kier alpha value is -0.600. The van der Waals surface area contributed by atoms with Crippen molar-refractivity contribution in [2.24, 2.45) is 0 Å². The van der Waals surface area contributed by atoms with E-state index < -0.39 is 0 Å². The van der Waals surface area contributed by atoms with Crippen molar-refractivity contribution in [3.05, 3.63) is 30.6 Å². The Morgan fingerprint density at radius 3 is 1.33 bits per heavy atom. The van der Waals surface area contributed by atoms with Crippen LogP contribution in [0.1, 0.15) is 96.8 Å². The van der Waals surface area contributed by atoms with E-state index in [4.69, 9.17) is 0 Å². The van der Waals surface area contributed by atoms with E-state index in [2.05, 4.69) is 42.1 Å². The van der Waals surface area contributed by atoms with Crippen molar-refractivity contribution in [2.45, 2.75) is 103 Å². The number of pyridine rings is 1. The molecule has 0 radical (unpaired) electrons. The van der Waals surface area contributed by atoms with E-state index >= 15 is 0 Å². The summed E-state index contributed by atoms with van der Waals surface area (Å²) in [5.74, 6) is 0. The predicted octanol–water partition coefficient (Wildman–Crippen LogP) is 7.04. The molecule has 0 atom stereocenters. The number of hydrogen-bond donors (Lipinski definition) is 1. The fourth-order valence-corrected chi connectivity index (χ4v) is 3.07. The van der Waals surface area contributed by atoms with Gasteiger partial charge in [-0.15, -0.1) is 12.4 Å². The number of unbranched alkanes of at least 4 members (excludes halogenated alkanes) is 13. The van der Waals surface area contributed by atoms with Gasteiger partial charge in [-0.1, -0.05) is 90.0 Å². The molecular formula is C21H42ClN2+. The third-order valence-electron chi connectivity index (χ3n) is 4.55. The average Bonchev–Trinajstić information content (AvgIpc) is 2.56. The Morgan fingerprint density at radius 1 is 0.542 bits per heavy atom. The van der Waals surface area contributed by atoms with Crippen molar-refractivity contribution in [3.8, 4) is 0 Å². The average molecular weight is 358 g/mol. The van der Waals surface area contributed by atoms with Crippen molar-refractivity contribution in [1.29, 1.82) is 0 Å². The minimum absolute atomic E-state index is 0. The fraction of sp³-hybridized carbons (Fsp3) is 0.762. The molecule has 1 rings (SSSR count). The molecule has 3 N–H and O–H groups in total. The molecule has 0 aliphatic carbocycles. The van der Waals surface area contributed by atoms with Gasteiger partial charge in [0.1, 0.15) is 6.54 Å². The summed E-state index contributed by atoms with van der Waals surface area (Å²) < 4.78 is 2.29. The number of halogens is 1. The van der Waals surface area contributed by atoms with E-state index in [1.807, 2.05) is 0 Å². The Balaban J connectivity index is 0. The van der Waals surface area contributed by atoms with Crippen LogP contribution < -0.4 is 10.7 Å². The van der Waals surface area contributed by atoms with Crippen LogP contribution in [0.25, 0.3) is 0 Å². The highest BCUT2D eigenvalue weighted by atomic mass is 35.5. The van der Waals surface area contributed by atoms with Crippen molar-refractivity contribution < 1.29 is 4.57 Å². The lowest BCUT2D eigenvalue weighted by atomic mass is 10.0. The topological polar surface area (TPSA) is 38.9 Å². The van der Waals surface area contributed by atoms with E-state index in [-0.39, 0.29) is 18.6 Å². The van der Waals surface area contributed by atoms with Gasteiger partial charge in [0.15, 0.2) is 12.4 Å². The zero-order valence-electron chi connectivity index (χ0n) is 16.1. The van der Waals surface area contributed by atoms with Gasteiger partial charge in [-0.05, 0) is 6.42 Å². The molecule has 1 aromatic rings. The second-order valence-corrected chi connectivity index (χ2v) is 6.71. The largest absolute Gasteiger partial charge is 0.344 e. The van der Waals surface area contributed by atoms with Gasteiger partial charge in [0.2, 0.25) is 0 Å². The highest BCUT2D eigenvalue weighted by molar-refractivity contribution is 5.85. The van der Waals surface area contributed by atoms with Crippen molar-refractivity contribution in [3.63, 3.8) is 0 Å². The van der Waals surface area contributed by atoms with Crippen LogP contribution in [0.4, 0.5) is 0 Å². The molecule has 0 fully saturated rings. The van der Waals surface area contributed by atoms with E-state index in [0.29, 0.717) is 0 Å². The van der Waals surface area contributed by atoms with Gasteiger partial charge >= 0.3 is 0 Å². The van der Waals surface area contributed by atoms with Crippen LogP contribution in [-0.4, -0.2) is 0 Å². The molecule has 2 nitrogen and oxygen atoms in total. The van der Waals surface area contributed by atoms with Gasteiger partial charge < -0.3 is 6.15 Å². The maximum atomic E-state index is 2.29. The molecule has 0 bridgehead atoms. The smallest absolute Gasteiger partial charge is 0.168 e. The minimum Gasteiger partial charge on any atom is -0.344 e. The van der Waals surface area contributed by atoms with Gasteiger partial charge in [0.05, 0.1) is 0 Å². The summed E-state index contributed by atoms with van der Waals surface area (Å²) in [5, 5.41) is 0. The molecule has 1 aromatic heterocycles. The maximum absolute atomic E-state index is 2.29. The summed E-state index contributed by atoms with van der Waals surface area (Å²) in [6.07, 6.45) is 24.4. The molecule has 24 heavy (non-hydrogen) atoms. The SMILES string of the molecule is CCCCCCCCCCCCCCCC[n+]1ccccc1.Cl.N. The number of nitrogens with zero attached hydrogens (tertiary/aromatic N) is 1. The first-order valence-electron chi connectivity index (χ1n) is 9.87. The Bertz CT molecular complexity index is 330. The number of hydrogen-bond acceptors (Lipinski definition) is 1. The van der Waals surface area contributed by atoms with Crippen LogP contribution in [0.2, 0.25) is 0 Å².